The van der Waals surface area contributed by atoms with Crippen molar-refractivity contribution in [2.45, 2.75) is 6.18 Å². The zero-order valence-electron chi connectivity index (χ0n) is 9.67. The van der Waals surface area contributed by atoms with E-state index in [0.29, 0.717) is 15.2 Å². The van der Waals surface area contributed by atoms with Gasteiger partial charge in [-0.2, -0.15) is 18.2 Å². The quantitative estimate of drug-likeness (QED) is 0.833. The first kappa shape index (κ1) is 14.9. The van der Waals surface area contributed by atoms with Crippen LogP contribution in [0.25, 0.3) is 0 Å². The van der Waals surface area contributed by atoms with E-state index in [4.69, 9.17) is 17.3 Å². The third-order valence-electron chi connectivity index (χ3n) is 2.23. The van der Waals surface area contributed by atoms with Crippen LogP contribution in [0.5, 0.6) is 0 Å². The maximum Gasteiger partial charge on any atom is 0.433 e. The number of hydrogen-bond acceptors (Lipinski definition) is 4. The SMILES string of the molecule is Nc1nc(Nc2ccc(Br)c(Cl)c2)cc(C(F)(F)F)n1. The van der Waals surface area contributed by atoms with Crippen molar-refractivity contribution in [2.24, 2.45) is 0 Å². The molecule has 0 saturated carbocycles. The molecule has 0 unspecified atom stereocenters. The van der Waals surface area contributed by atoms with Gasteiger partial charge in [-0.3, -0.25) is 0 Å². The van der Waals surface area contributed by atoms with Crippen LogP contribution in [0.1, 0.15) is 5.69 Å². The predicted molar refractivity (Wildman–Crippen MR) is 73.9 cm³/mol. The van der Waals surface area contributed by atoms with Crippen LogP contribution in [0.4, 0.5) is 30.6 Å². The minimum atomic E-state index is -4.59. The molecule has 0 saturated heterocycles. The zero-order chi connectivity index (χ0) is 14.9. The molecular formula is C11H7BrClF3N4. The summed E-state index contributed by atoms with van der Waals surface area (Å²) in [7, 11) is 0. The Morgan fingerprint density at radius 2 is 1.90 bits per heavy atom. The Balaban J connectivity index is 2.33. The first-order chi connectivity index (χ1) is 9.25. The molecule has 2 rings (SSSR count). The first-order valence-corrected chi connectivity index (χ1v) is 6.36. The summed E-state index contributed by atoms with van der Waals surface area (Å²) in [6.07, 6.45) is -4.59. The number of nitrogen functional groups attached to an aromatic ring is 1. The minimum absolute atomic E-state index is 0.0665. The molecule has 9 heteroatoms. The highest BCUT2D eigenvalue weighted by Gasteiger charge is 2.33. The third kappa shape index (κ3) is 3.51. The van der Waals surface area contributed by atoms with Crippen molar-refractivity contribution in [2.75, 3.05) is 11.1 Å². The van der Waals surface area contributed by atoms with Gasteiger partial charge in [0, 0.05) is 16.2 Å². The monoisotopic (exact) mass is 366 g/mol. The summed E-state index contributed by atoms with van der Waals surface area (Å²) in [6.45, 7) is 0. The first-order valence-electron chi connectivity index (χ1n) is 5.19. The molecule has 0 fully saturated rings. The van der Waals surface area contributed by atoms with Crippen molar-refractivity contribution in [1.82, 2.24) is 9.97 Å². The number of anilines is 3. The Hall–Kier alpha value is -1.54. The lowest BCUT2D eigenvalue weighted by Crippen LogP contribution is -2.12. The summed E-state index contributed by atoms with van der Waals surface area (Å²) < 4.78 is 38.5. The van der Waals surface area contributed by atoms with E-state index in [9.17, 15) is 13.2 Å². The van der Waals surface area contributed by atoms with Gasteiger partial charge in [0.25, 0.3) is 0 Å². The molecule has 2 aromatic rings. The molecule has 0 aliphatic rings. The van der Waals surface area contributed by atoms with Crippen molar-refractivity contribution in [3.63, 3.8) is 0 Å². The van der Waals surface area contributed by atoms with Gasteiger partial charge in [-0.05, 0) is 34.1 Å². The molecule has 0 amide bonds. The van der Waals surface area contributed by atoms with E-state index in [2.05, 4.69) is 31.2 Å². The standard InChI is InChI=1S/C11H7BrClF3N4/c12-6-2-1-5(3-7(6)13)18-9-4-8(11(14,15)16)19-10(17)20-9/h1-4H,(H3,17,18,19,20). The number of aromatic nitrogens is 2. The molecule has 1 aromatic heterocycles. The molecule has 0 aliphatic carbocycles. The molecule has 4 nitrogen and oxygen atoms in total. The van der Waals surface area contributed by atoms with Crippen LogP contribution >= 0.6 is 27.5 Å². The number of nitrogens with one attached hydrogen (secondary N) is 1. The topological polar surface area (TPSA) is 63.8 Å². The fourth-order valence-corrected chi connectivity index (χ4v) is 1.82. The van der Waals surface area contributed by atoms with Crippen molar-refractivity contribution in [3.05, 3.63) is 39.5 Å². The minimum Gasteiger partial charge on any atom is -0.368 e. The highest BCUT2D eigenvalue weighted by atomic mass is 79.9. The van der Waals surface area contributed by atoms with Gasteiger partial charge < -0.3 is 11.1 Å². The number of nitrogens with two attached hydrogens (primary N) is 1. The summed E-state index contributed by atoms with van der Waals surface area (Å²) in [5, 5.41) is 3.10. The van der Waals surface area contributed by atoms with Crippen LogP contribution in [-0.4, -0.2) is 9.97 Å². The second-order valence-electron chi connectivity index (χ2n) is 3.75. The van der Waals surface area contributed by atoms with Crippen LogP contribution < -0.4 is 11.1 Å². The highest BCUT2D eigenvalue weighted by molar-refractivity contribution is 9.10. The molecule has 1 aromatic carbocycles. The highest BCUT2D eigenvalue weighted by Crippen LogP contribution is 2.31. The molecule has 106 valence electrons. The van der Waals surface area contributed by atoms with E-state index in [1.54, 1.807) is 12.1 Å². The average Bonchev–Trinajstić information content (AvgIpc) is 2.32. The molecule has 0 bridgehead atoms. The van der Waals surface area contributed by atoms with Crippen LogP contribution in [0.15, 0.2) is 28.7 Å². The molecule has 0 radical (unpaired) electrons. The Morgan fingerprint density at radius 1 is 1.20 bits per heavy atom. The fourth-order valence-electron chi connectivity index (χ4n) is 1.40. The van der Waals surface area contributed by atoms with Crippen LogP contribution in [0.3, 0.4) is 0 Å². The summed E-state index contributed by atoms with van der Waals surface area (Å²) in [6, 6.07) is 5.59. The van der Waals surface area contributed by atoms with Gasteiger partial charge in [-0.1, -0.05) is 11.6 Å². The largest absolute Gasteiger partial charge is 0.433 e. The lowest BCUT2D eigenvalue weighted by atomic mass is 10.3. The number of benzene rings is 1. The van der Waals surface area contributed by atoms with Gasteiger partial charge in [-0.15, -0.1) is 0 Å². The molecule has 3 N–H and O–H groups in total. The molecule has 0 spiro atoms. The zero-order valence-corrected chi connectivity index (χ0v) is 12.0. The summed E-state index contributed by atoms with van der Waals surface area (Å²) in [5.41, 5.74) is 4.63. The second-order valence-corrected chi connectivity index (χ2v) is 5.01. The number of rotatable bonds is 2. The van der Waals surface area contributed by atoms with Gasteiger partial charge in [0.2, 0.25) is 5.95 Å². The van der Waals surface area contributed by atoms with E-state index in [1.165, 1.54) is 6.07 Å². The maximum atomic E-state index is 12.6. The van der Waals surface area contributed by atoms with Crippen molar-refractivity contribution < 1.29 is 13.2 Å². The van der Waals surface area contributed by atoms with E-state index >= 15 is 0 Å². The van der Waals surface area contributed by atoms with Crippen molar-refractivity contribution in [3.8, 4) is 0 Å². The smallest absolute Gasteiger partial charge is 0.368 e. The van der Waals surface area contributed by atoms with E-state index < -0.39 is 17.8 Å². The van der Waals surface area contributed by atoms with Crippen LogP contribution in [-0.2, 0) is 6.18 Å². The Morgan fingerprint density at radius 3 is 2.50 bits per heavy atom. The normalized spacial score (nSPS) is 11.4. The summed E-state index contributed by atoms with van der Waals surface area (Å²) in [4.78, 5) is 6.84. The summed E-state index contributed by atoms with van der Waals surface area (Å²) in [5.74, 6) is -0.534. The molecule has 0 aliphatic heterocycles. The van der Waals surface area contributed by atoms with Crippen LogP contribution in [0.2, 0.25) is 5.02 Å². The van der Waals surface area contributed by atoms with Crippen molar-refractivity contribution in [1.29, 1.82) is 0 Å². The Labute approximate surface area is 125 Å². The molecule has 20 heavy (non-hydrogen) atoms. The van der Waals surface area contributed by atoms with Gasteiger partial charge in [-0.25, -0.2) is 4.98 Å². The fraction of sp³-hybridized carbons (Fsp3) is 0.0909. The second kappa shape index (κ2) is 5.45. The number of hydrogen-bond donors (Lipinski definition) is 2. The summed E-state index contributed by atoms with van der Waals surface area (Å²) >= 11 is 9.10. The predicted octanol–water partition coefficient (Wildman–Crippen LogP) is 4.24. The lowest BCUT2D eigenvalue weighted by Gasteiger charge is -2.10. The number of nitrogens with zero attached hydrogens (tertiary/aromatic N) is 2. The van der Waals surface area contributed by atoms with Gasteiger partial charge in [0.1, 0.15) is 5.82 Å². The molecular weight excluding hydrogens is 360 g/mol. The maximum absolute atomic E-state index is 12.6. The van der Waals surface area contributed by atoms with Crippen LogP contribution in [0, 0.1) is 0 Å². The Kier molecular flexibility index (Phi) is 4.05. The van der Waals surface area contributed by atoms with E-state index in [0.717, 1.165) is 6.07 Å². The van der Waals surface area contributed by atoms with Crippen molar-refractivity contribution >= 4 is 45.0 Å². The van der Waals surface area contributed by atoms with E-state index in [1.807, 2.05) is 0 Å². The molecule has 0 atom stereocenters. The number of alkyl halides is 3. The third-order valence-corrected chi connectivity index (χ3v) is 3.46. The van der Waals surface area contributed by atoms with E-state index in [-0.39, 0.29) is 5.82 Å². The lowest BCUT2D eigenvalue weighted by molar-refractivity contribution is -0.141. The van der Waals surface area contributed by atoms with Gasteiger partial charge in [0.15, 0.2) is 5.69 Å². The van der Waals surface area contributed by atoms with Gasteiger partial charge >= 0.3 is 6.18 Å². The Bertz CT molecular complexity index is 648. The molecule has 1 heterocycles. The van der Waals surface area contributed by atoms with Gasteiger partial charge in [0.05, 0.1) is 5.02 Å². The average molecular weight is 368 g/mol. The number of halogens is 5.